The Morgan fingerprint density at radius 3 is 2.57 bits per heavy atom. The quantitative estimate of drug-likeness (QED) is 0.628. The van der Waals surface area contributed by atoms with E-state index in [2.05, 4.69) is 82.8 Å². The van der Waals surface area contributed by atoms with Crippen LogP contribution in [0, 0.1) is 0 Å². The topological polar surface area (TPSA) is 12.0 Å². The van der Waals surface area contributed by atoms with E-state index in [0.717, 1.165) is 13.0 Å². The van der Waals surface area contributed by atoms with Crippen LogP contribution in [0.5, 0.6) is 0 Å². The molecule has 1 nitrogen and oxygen atoms in total. The number of nitrogens with one attached hydrogen (secondary N) is 1. The molecule has 0 saturated heterocycles. The van der Waals surface area contributed by atoms with Gasteiger partial charge >= 0.3 is 0 Å². The lowest BCUT2D eigenvalue weighted by atomic mass is 9.99. The van der Waals surface area contributed by atoms with Gasteiger partial charge in [-0.1, -0.05) is 43.3 Å². The Hall–Kier alpha value is -1.16. The molecule has 0 spiro atoms. The maximum atomic E-state index is 3.61. The van der Waals surface area contributed by atoms with Crippen molar-refractivity contribution in [2.75, 3.05) is 6.54 Å². The van der Waals surface area contributed by atoms with Crippen molar-refractivity contribution in [3.8, 4) is 0 Å². The van der Waals surface area contributed by atoms with Gasteiger partial charge in [0.1, 0.15) is 0 Å². The average molecular weight is 360 g/mol. The van der Waals surface area contributed by atoms with Crippen molar-refractivity contribution in [1.29, 1.82) is 0 Å². The van der Waals surface area contributed by atoms with E-state index in [1.807, 2.05) is 11.3 Å². The van der Waals surface area contributed by atoms with Crippen molar-refractivity contribution in [2.24, 2.45) is 0 Å². The molecule has 1 atom stereocenters. The molecule has 21 heavy (non-hydrogen) atoms. The molecule has 3 aromatic rings. The number of likely N-dealkylation sites (N-methyl/N-ethyl adjacent to an activating group) is 1. The molecule has 0 aliphatic carbocycles. The third-order valence-electron chi connectivity index (χ3n) is 3.66. The lowest BCUT2D eigenvalue weighted by Gasteiger charge is -2.18. The van der Waals surface area contributed by atoms with Gasteiger partial charge in [0.15, 0.2) is 0 Å². The zero-order chi connectivity index (χ0) is 14.7. The second-order valence-electron chi connectivity index (χ2n) is 5.13. The Bertz CT molecular complexity index is 735. The first-order valence-corrected chi connectivity index (χ1v) is 8.83. The Balaban J connectivity index is 1.90. The molecule has 0 aliphatic heterocycles. The fraction of sp³-hybridized carbons (Fsp3) is 0.222. The molecule has 0 radical (unpaired) electrons. The van der Waals surface area contributed by atoms with Crippen molar-refractivity contribution < 1.29 is 0 Å². The highest BCUT2D eigenvalue weighted by Gasteiger charge is 2.13. The van der Waals surface area contributed by atoms with Gasteiger partial charge in [-0.15, -0.1) is 11.3 Å². The van der Waals surface area contributed by atoms with Crippen molar-refractivity contribution >= 4 is 38.0 Å². The minimum atomic E-state index is 0.366. The summed E-state index contributed by atoms with van der Waals surface area (Å²) in [5.41, 5.74) is 1.36. The lowest BCUT2D eigenvalue weighted by molar-refractivity contribution is 0.554. The molecule has 3 rings (SSSR count). The molecule has 0 bridgehead atoms. The molecule has 108 valence electrons. The fourth-order valence-corrected chi connectivity index (χ4v) is 4.17. The monoisotopic (exact) mass is 359 g/mol. The highest BCUT2D eigenvalue weighted by atomic mass is 79.9. The van der Waals surface area contributed by atoms with Crippen LogP contribution in [0.25, 0.3) is 10.8 Å². The largest absolute Gasteiger partial charge is 0.310 e. The van der Waals surface area contributed by atoms with Crippen LogP contribution < -0.4 is 5.32 Å². The zero-order valence-electron chi connectivity index (χ0n) is 12.0. The SMILES string of the molecule is CCNC(Cc1ccc(Br)s1)c1ccc2ccccc2c1. The van der Waals surface area contributed by atoms with Crippen molar-refractivity contribution in [3.63, 3.8) is 0 Å². The van der Waals surface area contributed by atoms with E-state index >= 15 is 0 Å². The van der Waals surface area contributed by atoms with E-state index in [0.29, 0.717) is 6.04 Å². The van der Waals surface area contributed by atoms with E-state index in [9.17, 15) is 0 Å². The maximum absolute atomic E-state index is 3.61. The summed E-state index contributed by atoms with van der Waals surface area (Å²) in [5.74, 6) is 0. The maximum Gasteiger partial charge on any atom is 0.0701 e. The molecule has 2 aromatic carbocycles. The van der Waals surface area contributed by atoms with Crippen molar-refractivity contribution in [3.05, 3.63) is 68.8 Å². The summed E-state index contributed by atoms with van der Waals surface area (Å²) in [4.78, 5) is 1.40. The number of fused-ring (bicyclic) bond motifs is 1. The van der Waals surface area contributed by atoms with Gasteiger partial charge in [-0.25, -0.2) is 0 Å². The third kappa shape index (κ3) is 3.54. The molecular formula is C18H18BrNS. The molecular weight excluding hydrogens is 342 g/mol. The first kappa shape index (κ1) is 14.8. The normalized spacial score (nSPS) is 12.7. The molecule has 1 N–H and O–H groups in total. The van der Waals surface area contributed by atoms with Crippen LogP contribution in [-0.2, 0) is 6.42 Å². The van der Waals surface area contributed by atoms with Crippen LogP contribution in [-0.4, -0.2) is 6.54 Å². The summed E-state index contributed by atoms with van der Waals surface area (Å²) in [6.07, 6.45) is 1.03. The second-order valence-corrected chi connectivity index (χ2v) is 7.67. The van der Waals surface area contributed by atoms with Gasteiger partial charge in [0.2, 0.25) is 0 Å². The third-order valence-corrected chi connectivity index (χ3v) is 5.31. The van der Waals surface area contributed by atoms with E-state index in [4.69, 9.17) is 0 Å². The minimum absolute atomic E-state index is 0.366. The molecule has 0 fully saturated rings. The van der Waals surface area contributed by atoms with E-state index < -0.39 is 0 Å². The smallest absolute Gasteiger partial charge is 0.0701 e. The highest BCUT2D eigenvalue weighted by Crippen LogP contribution is 2.28. The van der Waals surface area contributed by atoms with Crippen LogP contribution in [0.15, 0.2) is 58.4 Å². The van der Waals surface area contributed by atoms with Crippen LogP contribution in [0.4, 0.5) is 0 Å². The molecule has 1 unspecified atom stereocenters. The number of rotatable bonds is 5. The summed E-state index contributed by atoms with van der Waals surface area (Å²) in [7, 11) is 0. The van der Waals surface area contributed by atoms with Gasteiger partial charge in [0, 0.05) is 17.3 Å². The molecule has 0 amide bonds. The van der Waals surface area contributed by atoms with Crippen molar-refractivity contribution in [1.82, 2.24) is 5.32 Å². The highest BCUT2D eigenvalue weighted by molar-refractivity contribution is 9.11. The summed E-state index contributed by atoms with van der Waals surface area (Å²) in [6, 6.07) is 20.0. The number of hydrogen-bond acceptors (Lipinski definition) is 2. The number of benzene rings is 2. The fourth-order valence-electron chi connectivity index (χ4n) is 2.64. The van der Waals surface area contributed by atoms with Gasteiger partial charge < -0.3 is 5.32 Å². The summed E-state index contributed by atoms with van der Waals surface area (Å²) in [6.45, 7) is 3.14. The zero-order valence-corrected chi connectivity index (χ0v) is 14.4. The predicted octanol–water partition coefficient (Wildman–Crippen LogP) is 5.56. The van der Waals surface area contributed by atoms with Gasteiger partial charge in [0.25, 0.3) is 0 Å². The van der Waals surface area contributed by atoms with Crippen LogP contribution in [0.1, 0.15) is 23.4 Å². The van der Waals surface area contributed by atoms with Gasteiger partial charge in [-0.05, 0) is 57.0 Å². The molecule has 3 heteroatoms. The molecule has 1 heterocycles. The molecule has 0 saturated carbocycles. The standard InChI is InChI=1S/C18H18BrNS/c1-2-20-17(12-16-9-10-18(19)21-16)15-8-7-13-5-3-4-6-14(13)11-15/h3-11,17,20H,2,12H2,1H3. The number of thiophene rings is 1. The van der Waals surface area contributed by atoms with E-state index in [1.165, 1.54) is 25.0 Å². The summed E-state index contributed by atoms with van der Waals surface area (Å²) >= 11 is 5.36. The van der Waals surface area contributed by atoms with E-state index in [1.54, 1.807) is 0 Å². The Labute approximate surface area is 138 Å². The number of hydrogen-bond donors (Lipinski definition) is 1. The van der Waals surface area contributed by atoms with Crippen LogP contribution in [0.3, 0.4) is 0 Å². The van der Waals surface area contributed by atoms with Crippen LogP contribution >= 0.6 is 27.3 Å². The summed E-state index contributed by atoms with van der Waals surface area (Å²) < 4.78 is 1.20. The predicted molar refractivity (Wildman–Crippen MR) is 96.1 cm³/mol. The van der Waals surface area contributed by atoms with Crippen molar-refractivity contribution in [2.45, 2.75) is 19.4 Å². The molecule has 0 aliphatic rings. The number of halogens is 1. The Kier molecular flexibility index (Phi) is 4.73. The van der Waals surface area contributed by atoms with E-state index in [-0.39, 0.29) is 0 Å². The Morgan fingerprint density at radius 1 is 1.05 bits per heavy atom. The van der Waals surface area contributed by atoms with Gasteiger partial charge in [-0.3, -0.25) is 0 Å². The second kappa shape index (κ2) is 6.73. The van der Waals surface area contributed by atoms with Gasteiger partial charge in [-0.2, -0.15) is 0 Å². The first-order chi connectivity index (χ1) is 10.3. The lowest BCUT2D eigenvalue weighted by Crippen LogP contribution is -2.22. The average Bonchev–Trinajstić information content (AvgIpc) is 2.91. The van der Waals surface area contributed by atoms with Gasteiger partial charge in [0.05, 0.1) is 3.79 Å². The Morgan fingerprint density at radius 2 is 1.86 bits per heavy atom. The minimum Gasteiger partial charge on any atom is -0.310 e. The molecule has 1 aromatic heterocycles. The summed E-state index contributed by atoms with van der Waals surface area (Å²) in [5, 5.41) is 6.22. The first-order valence-electron chi connectivity index (χ1n) is 7.22. The van der Waals surface area contributed by atoms with Crippen LogP contribution in [0.2, 0.25) is 0 Å².